The Morgan fingerprint density at radius 2 is 2.04 bits per heavy atom. The van der Waals surface area contributed by atoms with E-state index in [-0.39, 0.29) is 16.3 Å². The third-order valence-corrected chi connectivity index (χ3v) is 4.70. The van der Waals surface area contributed by atoms with Crippen LogP contribution in [0.4, 0.5) is 4.39 Å². The van der Waals surface area contributed by atoms with Gasteiger partial charge in [-0.2, -0.15) is 5.10 Å². The van der Waals surface area contributed by atoms with Gasteiger partial charge in [-0.05, 0) is 35.9 Å². The Bertz CT molecular complexity index is 1220. The van der Waals surface area contributed by atoms with E-state index in [2.05, 4.69) is 15.4 Å². The summed E-state index contributed by atoms with van der Waals surface area (Å²) in [6, 6.07) is 11.6. The van der Waals surface area contributed by atoms with E-state index in [9.17, 15) is 19.1 Å². The van der Waals surface area contributed by atoms with Crippen LogP contribution in [0.15, 0.2) is 48.5 Å². The molecule has 3 N–H and O–H groups in total. The number of imidazole rings is 1. The Balaban J connectivity index is 1.66. The predicted octanol–water partition coefficient (Wildman–Crippen LogP) is 3.55. The molecule has 7 nitrogen and oxygen atoms in total. The molecule has 0 saturated heterocycles. The molecule has 0 aliphatic carbocycles. The Labute approximate surface area is 162 Å². The fourth-order valence-corrected chi connectivity index (χ4v) is 3.34. The topological polar surface area (TPSA) is 99.5 Å². The maximum atomic E-state index is 13.6. The summed E-state index contributed by atoms with van der Waals surface area (Å²) in [6.07, 6.45) is -0.455. The van der Waals surface area contributed by atoms with Gasteiger partial charge >= 0.3 is 5.97 Å². The molecule has 28 heavy (non-hydrogen) atoms. The number of H-pyrrole nitrogens is 1. The molecule has 2 aromatic heterocycles. The van der Waals surface area contributed by atoms with Gasteiger partial charge in [0.15, 0.2) is 5.69 Å². The van der Waals surface area contributed by atoms with Crippen molar-refractivity contribution in [2.45, 2.75) is 12.5 Å². The van der Waals surface area contributed by atoms with E-state index in [4.69, 9.17) is 11.6 Å². The fraction of sp³-hybridized carbons (Fsp3) is 0.105. The van der Waals surface area contributed by atoms with Crippen molar-refractivity contribution in [3.05, 3.63) is 70.6 Å². The first-order valence-electron chi connectivity index (χ1n) is 8.36. The summed E-state index contributed by atoms with van der Waals surface area (Å²) >= 11 is 6.08. The maximum absolute atomic E-state index is 13.6. The second-order valence-electron chi connectivity index (χ2n) is 6.26. The van der Waals surface area contributed by atoms with Gasteiger partial charge < -0.3 is 15.4 Å². The van der Waals surface area contributed by atoms with Crippen molar-refractivity contribution in [2.75, 3.05) is 0 Å². The minimum Gasteiger partial charge on any atom is -0.481 e. The Morgan fingerprint density at radius 3 is 2.82 bits per heavy atom. The lowest BCUT2D eigenvalue weighted by Gasteiger charge is -2.18. The first-order valence-corrected chi connectivity index (χ1v) is 8.74. The molecule has 0 spiro atoms. The molecule has 2 aromatic carbocycles. The van der Waals surface area contributed by atoms with Crippen LogP contribution >= 0.6 is 11.6 Å². The Kier molecular flexibility index (Phi) is 4.48. The highest BCUT2D eigenvalue weighted by molar-refractivity contribution is 6.31. The highest BCUT2D eigenvalue weighted by atomic mass is 35.5. The molecule has 2 heterocycles. The number of fused-ring (bicyclic) bond motifs is 3. The van der Waals surface area contributed by atoms with Crippen molar-refractivity contribution in [1.29, 1.82) is 0 Å². The number of rotatable bonds is 5. The number of hydrogen-bond acceptors (Lipinski definition) is 3. The summed E-state index contributed by atoms with van der Waals surface area (Å²) < 4.78 is 15.2. The highest BCUT2D eigenvalue weighted by Gasteiger charge is 2.23. The summed E-state index contributed by atoms with van der Waals surface area (Å²) in [6.45, 7) is 0. The molecule has 0 saturated carbocycles. The van der Waals surface area contributed by atoms with E-state index in [0.717, 1.165) is 23.2 Å². The first kappa shape index (κ1) is 18.0. The summed E-state index contributed by atoms with van der Waals surface area (Å²) in [7, 11) is 0. The normalized spacial score (nSPS) is 12.4. The van der Waals surface area contributed by atoms with Gasteiger partial charge in [-0.15, -0.1) is 0 Å². The number of hydrogen-bond donors (Lipinski definition) is 3. The largest absolute Gasteiger partial charge is 0.481 e. The van der Waals surface area contributed by atoms with Crippen LogP contribution in [0.2, 0.25) is 5.02 Å². The molecular weight excluding hydrogens is 387 g/mol. The van der Waals surface area contributed by atoms with Crippen LogP contribution < -0.4 is 5.32 Å². The minimum atomic E-state index is -1.16. The van der Waals surface area contributed by atoms with Crippen LogP contribution in [-0.4, -0.2) is 31.6 Å². The van der Waals surface area contributed by atoms with Gasteiger partial charge in [0.25, 0.3) is 5.91 Å². The van der Waals surface area contributed by atoms with Crippen molar-refractivity contribution < 1.29 is 19.1 Å². The quantitative estimate of drug-likeness (QED) is 0.477. The molecule has 0 radical (unpaired) electrons. The van der Waals surface area contributed by atoms with E-state index < -0.39 is 30.2 Å². The van der Waals surface area contributed by atoms with E-state index in [1.54, 1.807) is 10.6 Å². The molecule has 0 aliphatic rings. The first-order chi connectivity index (χ1) is 13.4. The smallest absolute Gasteiger partial charge is 0.305 e. The lowest BCUT2D eigenvalue weighted by Crippen LogP contribution is -2.30. The number of amides is 1. The second kappa shape index (κ2) is 6.97. The summed E-state index contributed by atoms with van der Waals surface area (Å²) in [5, 5.41) is 16.2. The number of aliphatic carboxylic acids is 1. The zero-order valence-corrected chi connectivity index (χ0v) is 15.1. The van der Waals surface area contributed by atoms with E-state index >= 15 is 0 Å². The second-order valence-corrected chi connectivity index (χ2v) is 6.67. The van der Waals surface area contributed by atoms with Gasteiger partial charge in [0.2, 0.25) is 0 Å². The third-order valence-electron chi connectivity index (χ3n) is 4.35. The molecular formula is C19H14ClFN4O3. The summed E-state index contributed by atoms with van der Waals surface area (Å²) in [4.78, 5) is 27.1. The summed E-state index contributed by atoms with van der Waals surface area (Å²) in [5.41, 5.74) is 2.57. The van der Waals surface area contributed by atoms with Crippen molar-refractivity contribution in [1.82, 2.24) is 19.9 Å². The molecule has 1 amide bonds. The molecule has 0 bridgehead atoms. The molecule has 9 heteroatoms. The average molecular weight is 401 g/mol. The monoisotopic (exact) mass is 400 g/mol. The van der Waals surface area contributed by atoms with Crippen LogP contribution in [0.1, 0.15) is 28.5 Å². The van der Waals surface area contributed by atoms with Crippen LogP contribution in [0, 0.1) is 5.82 Å². The number of carbonyl (C=O) groups excluding carboxylic acids is 1. The Morgan fingerprint density at radius 1 is 1.25 bits per heavy atom. The molecule has 142 valence electrons. The average Bonchev–Trinajstić information content (AvgIpc) is 3.21. The fourth-order valence-electron chi connectivity index (χ4n) is 3.09. The SMILES string of the molecule is O=C(O)CC(NC(=O)c1cc2[nH]c3ccccc3n2n1)c1cc(F)ccc1Cl. The van der Waals surface area contributed by atoms with Gasteiger partial charge in [-0.25, -0.2) is 8.91 Å². The number of carboxylic acid groups (broad SMARTS) is 1. The number of aromatic nitrogens is 3. The molecule has 0 fully saturated rings. The van der Waals surface area contributed by atoms with Gasteiger partial charge in [-0.3, -0.25) is 9.59 Å². The number of halogens is 2. The van der Waals surface area contributed by atoms with Crippen molar-refractivity contribution in [3.63, 3.8) is 0 Å². The van der Waals surface area contributed by atoms with Gasteiger partial charge in [-0.1, -0.05) is 23.7 Å². The molecule has 1 atom stereocenters. The highest BCUT2D eigenvalue weighted by Crippen LogP contribution is 2.27. The third kappa shape index (κ3) is 3.29. The van der Waals surface area contributed by atoms with E-state index in [0.29, 0.717) is 5.65 Å². The van der Waals surface area contributed by atoms with Crippen LogP contribution in [0.5, 0.6) is 0 Å². The van der Waals surface area contributed by atoms with Crippen LogP contribution in [0.25, 0.3) is 16.7 Å². The number of carboxylic acids is 1. The lowest BCUT2D eigenvalue weighted by molar-refractivity contribution is -0.137. The Hall–Kier alpha value is -3.39. The molecule has 0 aliphatic heterocycles. The molecule has 4 aromatic rings. The number of carbonyl (C=O) groups is 2. The number of aromatic amines is 1. The number of benzene rings is 2. The molecule has 1 unspecified atom stereocenters. The molecule has 4 rings (SSSR count). The van der Waals surface area contributed by atoms with E-state index in [1.807, 2.05) is 24.3 Å². The number of nitrogens with one attached hydrogen (secondary N) is 2. The maximum Gasteiger partial charge on any atom is 0.305 e. The van der Waals surface area contributed by atoms with Gasteiger partial charge in [0, 0.05) is 11.1 Å². The lowest BCUT2D eigenvalue weighted by atomic mass is 10.0. The zero-order chi connectivity index (χ0) is 19.8. The number of para-hydroxylation sites is 2. The summed E-state index contributed by atoms with van der Waals surface area (Å²) in [5.74, 6) is -2.33. The van der Waals surface area contributed by atoms with E-state index in [1.165, 1.54) is 6.07 Å². The van der Waals surface area contributed by atoms with Crippen molar-refractivity contribution in [3.8, 4) is 0 Å². The number of nitrogens with zero attached hydrogens (tertiary/aromatic N) is 2. The predicted molar refractivity (Wildman–Crippen MR) is 101 cm³/mol. The standard InChI is InChI=1S/C19H14ClFN4O3/c20-12-6-5-10(21)7-11(12)14(9-18(26)27)23-19(28)15-8-17-22-13-3-1-2-4-16(13)25(17)24-15/h1-8,14,22H,9H2,(H,23,28)(H,26,27). The van der Waals surface area contributed by atoms with Gasteiger partial charge in [0.1, 0.15) is 11.5 Å². The van der Waals surface area contributed by atoms with Crippen LogP contribution in [0.3, 0.4) is 0 Å². The zero-order valence-electron chi connectivity index (χ0n) is 14.3. The van der Waals surface area contributed by atoms with Gasteiger partial charge in [0.05, 0.1) is 23.5 Å². The van der Waals surface area contributed by atoms with Crippen LogP contribution in [-0.2, 0) is 4.79 Å². The van der Waals surface area contributed by atoms with Crippen molar-refractivity contribution in [2.24, 2.45) is 0 Å². The minimum absolute atomic E-state index is 0.0971. The van der Waals surface area contributed by atoms with Crippen molar-refractivity contribution >= 4 is 40.2 Å².